The topological polar surface area (TPSA) is 76.0 Å². The van der Waals surface area contributed by atoms with Crippen LogP contribution in [-0.2, 0) is 6.54 Å². The number of carbonyl (C=O) groups is 1. The maximum Gasteiger partial charge on any atom is 0.275 e. The highest BCUT2D eigenvalue weighted by atomic mass is 35.5. The summed E-state index contributed by atoms with van der Waals surface area (Å²) in [7, 11) is 0. The Labute approximate surface area is 175 Å². The van der Waals surface area contributed by atoms with Gasteiger partial charge in [0.05, 0.1) is 18.6 Å². The van der Waals surface area contributed by atoms with Crippen LogP contribution in [0.1, 0.15) is 40.6 Å². The minimum atomic E-state index is 0. The van der Waals surface area contributed by atoms with Gasteiger partial charge in [0.25, 0.3) is 5.91 Å². The molecule has 2 aromatic heterocycles. The number of nitrogens with zero attached hydrogens (tertiary/aromatic N) is 4. The first-order valence-electron chi connectivity index (χ1n) is 9.14. The van der Waals surface area contributed by atoms with Crippen LogP contribution in [0.25, 0.3) is 10.9 Å². The monoisotopic (exact) mass is 423 g/mol. The number of imidazole rings is 1. The minimum absolute atomic E-state index is 0. The molecule has 0 aliphatic carbocycles. The average molecular weight is 424 g/mol. The van der Waals surface area contributed by atoms with Crippen LogP contribution in [0.4, 0.5) is 0 Å². The zero-order valence-electron chi connectivity index (χ0n) is 15.6. The summed E-state index contributed by atoms with van der Waals surface area (Å²) in [6.45, 7) is 4.80. The van der Waals surface area contributed by atoms with Crippen LogP contribution >= 0.6 is 24.8 Å². The molecule has 9 heteroatoms. The SMILES string of the molecule is Cc1[nH]cnc1C1CCN(C(=O)c2nn3c4c(cccc24)OCC3)CC1.Cl.Cl. The number of para-hydroxylation sites is 1. The maximum atomic E-state index is 13.1. The van der Waals surface area contributed by atoms with Crippen molar-refractivity contribution in [2.24, 2.45) is 0 Å². The Bertz CT molecular complexity index is 992. The number of aromatic amines is 1. The molecule has 0 radical (unpaired) electrons. The molecule has 1 fully saturated rings. The number of aromatic nitrogens is 4. The van der Waals surface area contributed by atoms with E-state index in [1.54, 1.807) is 6.33 Å². The van der Waals surface area contributed by atoms with Gasteiger partial charge in [-0.2, -0.15) is 5.10 Å². The molecule has 3 aromatic rings. The smallest absolute Gasteiger partial charge is 0.275 e. The summed E-state index contributed by atoms with van der Waals surface area (Å²) in [6.07, 6.45) is 3.62. The van der Waals surface area contributed by atoms with Crippen LogP contribution in [0.5, 0.6) is 5.75 Å². The zero-order chi connectivity index (χ0) is 17.7. The fraction of sp³-hybridized carbons (Fsp3) is 0.421. The van der Waals surface area contributed by atoms with E-state index in [-0.39, 0.29) is 30.7 Å². The van der Waals surface area contributed by atoms with Crippen molar-refractivity contribution in [3.8, 4) is 5.75 Å². The summed E-state index contributed by atoms with van der Waals surface area (Å²) >= 11 is 0. The summed E-state index contributed by atoms with van der Waals surface area (Å²) in [6, 6.07) is 5.83. The Morgan fingerprint density at radius 3 is 2.71 bits per heavy atom. The van der Waals surface area contributed by atoms with E-state index >= 15 is 0 Å². The number of amides is 1. The van der Waals surface area contributed by atoms with Gasteiger partial charge >= 0.3 is 0 Å². The lowest BCUT2D eigenvalue weighted by molar-refractivity contribution is 0.0706. The molecule has 1 saturated heterocycles. The van der Waals surface area contributed by atoms with Gasteiger partial charge in [0, 0.05) is 30.1 Å². The van der Waals surface area contributed by atoms with E-state index in [0.717, 1.165) is 54.0 Å². The van der Waals surface area contributed by atoms with Gasteiger partial charge in [-0.3, -0.25) is 9.48 Å². The first-order valence-corrected chi connectivity index (χ1v) is 9.14. The molecule has 0 atom stereocenters. The van der Waals surface area contributed by atoms with Gasteiger partial charge in [-0.15, -0.1) is 24.8 Å². The van der Waals surface area contributed by atoms with Crippen molar-refractivity contribution in [3.05, 3.63) is 41.6 Å². The van der Waals surface area contributed by atoms with E-state index in [1.807, 2.05) is 27.8 Å². The summed E-state index contributed by atoms with van der Waals surface area (Å²) in [5, 5.41) is 5.49. The largest absolute Gasteiger partial charge is 0.489 e. The van der Waals surface area contributed by atoms with Gasteiger partial charge in [0.15, 0.2) is 5.69 Å². The third kappa shape index (κ3) is 3.22. The molecule has 1 N–H and O–H groups in total. The number of aryl methyl sites for hydroxylation is 1. The second-order valence-electron chi connectivity index (χ2n) is 7.05. The van der Waals surface area contributed by atoms with E-state index in [9.17, 15) is 4.79 Å². The summed E-state index contributed by atoms with van der Waals surface area (Å²) in [5.74, 6) is 1.25. The van der Waals surface area contributed by atoms with Gasteiger partial charge < -0.3 is 14.6 Å². The molecule has 4 heterocycles. The van der Waals surface area contributed by atoms with E-state index in [0.29, 0.717) is 24.8 Å². The van der Waals surface area contributed by atoms with Crippen molar-refractivity contribution in [1.82, 2.24) is 24.6 Å². The summed E-state index contributed by atoms with van der Waals surface area (Å²) in [4.78, 5) is 22.6. The second kappa shape index (κ2) is 8.01. The number of nitrogens with one attached hydrogen (secondary N) is 1. The Kier molecular flexibility index (Phi) is 5.86. The molecule has 1 aromatic carbocycles. The lowest BCUT2D eigenvalue weighted by Crippen LogP contribution is -2.38. The molecular formula is C19H23Cl2N5O2. The summed E-state index contributed by atoms with van der Waals surface area (Å²) in [5.41, 5.74) is 3.75. The molecule has 0 saturated carbocycles. The number of benzene rings is 1. The van der Waals surface area contributed by atoms with Gasteiger partial charge in [-0.1, -0.05) is 12.1 Å². The predicted octanol–water partition coefficient (Wildman–Crippen LogP) is 3.32. The molecule has 7 nitrogen and oxygen atoms in total. The highest BCUT2D eigenvalue weighted by Crippen LogP contribution is 2.33. The quantitative estimate of drug-likeness (QED) is 0.685. The number of hydrogen-bond donors (Lipinski definition) is 1. The van der Waals surface area contributed by atoms with E-state index in [2.05, 4.69) is 22.0 Å². The van der Waals surface area contributed by atoms with Gasteiger partial charge in [0.2, 0.25) is 0 Å². The Morgan fingerprint density at radius 2 is 2.00 bits per heavy atom. The number of hydrogen-bond acceptors (Lipinski definition) is 4. The Hall–Kier alpha value is -2.25. The summed E-state index contributed by atoms with van der Waals surface area (Å²) < 4.78 is 7.61. The number of H-pyrrole nitrogens is 1. The van der Waals surface area contributed by atoms with E-state index < -0.39 is 0 Å². The lowest BCUT2D eigenvalue weighted by Gasteiger charge is -2.31. The highest BCUT2D eigenvalue weighted by Gasteiger charge is 2.30. The third-order valence-electron chi connectivity index (χ3n) is 5.53. The van der Waals surface area contributed by atoms with Crippen molar-refractivity contribution < 1.29 is 9.53 Å². The predicted molar refractivity (Wildman–Crippen MR) is 111 cm³/mol. The lowest BCUT2D eigenvalue weighted by atomic mass is 9.92. The standard InChI is InChI=1S/C19H21N5O2.2ClH/c1-12-16(21-11-20-12)13-5-7-23(8-6-13)19(25)17-14-3-2-4-15-18(14)24(22-17)9-10-26-15;;/h2-4,11,13H,5-10H2,1H3,(H,20,21);2*1H. The van der Waals surface area contributed by atoms with Crippen molar-refractivity contribution in [2.45, 2.75) is 32.2 Å². The molecule has 1 amide bonds. The normalized spacial score (nSPS) is 16.2. The third-order valence-corrected chi connectivity index (χ3v) is 5.53. The Balaban J connectivity index is 0.00000112. The minimum Gasteiger partial charge on any atom is -0.489 e. The van der Waals surface area contributed by atoms with Gasteiger partial charge in [-0.05, 0) is 25.8 Å². The highest BCUT2D eigenvalue weighted by molar-refractivity contribution is 6.06. The van der Waals surface area contributed by atoms with Crippen LogP contribution in [0, 0.1) is 6.92 Å². The molecule has 28 heavy (non-hydrogen) atoms. The molecule has 0 bridgehead atoms. The van der Waals surface area contributed by atoms with Crippen molar-refractivity contribution in [1.29, 1.82) is 0 Å². The van der Waals surface area contributed by atoms with E-state index in [4.69, 9.17) is 4.74 Å². The van der Waals surface area contributed by atoms with Crippen LogP contribution < -0.4 is 4.74 Å². The molecule has 0 unspecified atom stereocenters. The fourth-order valence-corrected chi connectivity index (χ4v) is 4.17. The molecule has 2 aliphatic rings. The first kappa shape index (κ1) is 20.5. The molecule has 150 valence electrons. The number of rotatable bonds is 2. The number of halogens is 2. The van der Waals surface area contributed by atoms with Crippen LogP contribution in [0.3, 0.4) is 0 Å². The van der Waals surface area contributed by atoms with Crippen LogP contribution in [0.15, 0.2) is 24.5 Å². The van der Waals surface area contributed by atoms with Crippen LogP contribution in [0.2, 0.25) is 0 Å². The van der Waals surface area contributed by atoms with Crippen molar-refractivity contribution in [3.63, 3.8) is 0 Å². The van der Waals surface area contributed by atoms with Crippen molar-refractivity contribution >= 4 is 41.6 Å². The molecular weight excluding hydrogens is 401 g/mol. The van der Waals surface area contributed by atoms with E-state index in [1.165, 1.54) is 0 Å². The average Bonchev–Trinajstić information content (AvgIpc) is 3.27. The number of ether oxygens (including phenoxy) is 1. The Morgan fingerprint density at radius 1 is 1.21 bits per heavy atom. The van der Waals surface area contributed by atoms with Crippen LogP contribution in [-0.4, -0.2) is 50.3 Å². The number of piperidine rings is 1. The second-order valence-corrected chi connectivity index (χ2v) is 7.05. The zero-order valence-corrected chi connectivity index (χ0v) is 17.2. The molecule has 0 spiro atoms. The first-order chi connectivity index (χ1) is 12.7. The van der Waals surface area contributed by atoms with Gasteiger partial charge in [0.1, 0.15) is 17.9 Å². The number of carbonyl (C=O) groups excluding carboxylic acids is 1. The fourth-order valence-electron chi connectivity index (χ4n) is 4.17. The van der Waals surface area contributed by atoms with Gasteiger partial charge in [-0.25, -0.2) is 4.98 Å². The van der Waals surface area contributed by atoms with Crippen molar-refractivity contribution in [2.75, 3.05) is 19.7 Å². The molecule has 5 rings (SSSR count). The number of likely N-dealkylation sites (tertiary alicyclic amines) is 1. The molecule has 2 aliphatic heterocycles. The maximum absolute atomic E-state index is 13.1.